The summed E-state index contributed by atoms with van der Waals surface area (Å²) >= 11 is 0. The van der Waals surface area contributed by atoms with Crippen LogP contribution < -0.4 is 5.73 Å². The Labute approximate surface area is 129 Å². The molecule has 0 radical (unpaired) electrons. The van der Waals surface area contributed by atoms with E-state index in [-0.39, 0.29) is 5.92 Å². The van der Waals surface area contributed by atoms with Crippen LogP contribution in [0.5, 0.6) is 0 Å². The van der Waals surface area contributed by atoms with Crippen LogP contribution >= 0.6 is 0 Å². The fourth-order valence-corrected chi connectivity index (χ4v) is 3.07. The van der Waals surface area contributed by atoms with E-state index in [4.69, 9.17) is 5.73 Å². The zero-order chi connectivity index (χ0) is 15.7. The molecule has 0 aliphatic heterocycles. The number of nitrogens with zero attached hydrogens (tertiary/aromatic N) is 3. The molecule has 1 unspecified atom stereocenters. The maximum atomic E-state index is 11.8. The second-order valence-corrected chi connectivity index (χ2v) is 5.97. The molecule has 2 atom stereocenters. The average Bonchev–Trinajstić information content (AvgIpc) is 3.02. The molecule has 3 N–H and O–H groups in total. The summed E-state index contributed by atoms with van der Waals surface area (Å²) in [6, 6.07) is 3.86. The second kappa shape index (κ2) is 5.53. The topological polar surface area (TPSA) is 94.0 Å². The molecular formula is C16H20N4O2. The van der Waals surface area contributed by atoms with Crippen molar-refractivity contribution in [2.45, 2.75) is 31.6 Å². The van der Waals surface area contributed by atoms with Crippen molar-refractivity contribution in [3.63, 3.8) is 0 Å². The first kappa shape index (κ1) is 14.7. The fraction of sp³-hybridized carbons (Fsp3) is 0.438. The van der Waals surface area contributed by atoms with Gasteiger partial charge in [-0.1, -0.05) is 0 Å². The summed E-state index contributed by atoms with van der Waals surface area (Å²) in [5.74, 6) is 0.0813. The molecule has 0 bridgehead atoms. The number of rotatable bonds is 6. The number of aromatic nitrogens is 3. The molecule has 22 heavy (non-hydrogen) atoms. The zero-order valence-electron chi connectivity index (χ0n) is 12.6. The van der Waals surface area contributed by atoms with Crippen LogP contribution in [0.2, 0.25) is 0 Å². The smallest absolute Gasteiger partial charge is 0.316 e. The Morgan fingerprint density at radius 2 is 2.36 bits per heavy atom. The van der Waals surface area contributed by atoms with Gasteiger partial charge in [0.1, 0.15) is 17.6 Å². The lowest BCUT2D eigenvalue weighted by molar-refractivity contribution is -0.140. The number of carboxylic acid groups (broad SMARTS) is 1. The molecule has 0 amide bonds. The molecule has 0 spiro atoms. The molecule has 3 rings (SSSR count). The highest BCUT2D eigenvalue weighted by Crippen LogP contribution is 2.56. The molecule has 2 aromatic rings. The summed E-state index contributed by atoms with van der Waals surface area (Å²) in [4.78, 5) is 20.4. The third kappa shape index (κ3) is 2.39. The van der Waals surface area contributed by atoms with E-state index in [0.717, 1.165) is 24.2 Å². The van der Waals surface area contributed by atoms with Crippen molar-refractivity contribution in [3.05, 3.63) is 42.1 Å². The van der Waals surface area contributed by atoms with Crippen molar-refractivity contribution in [1.29, 1.82) is 0 Å². The van der Waals surface area contributed by atoms with E-state index >= 15 is 0 Å². The molecule has 0 aromatic carbocycles. The molecule has 0 saturated heterocycles. The Morgan fingerprint density at radius 3 is 3.05 bits per heavy atom. The van der Waals surface area contributed by atoms with Crippen molar-refractivity contribution in [3.8, 4) is 5.82 Å². The maximum absolute atomic E-state index is 11.8. The van der Waals surface area contributed by atoms with E-state index in [1.54, 1.807) is 23.3 Å². The highest BCUT2D eigenvalue weighted by molar-refractivity contribution is 5.85. The number of hydrogen-bond donors (Lipinski definition) is 2. The second-order valence-electron chi connectivity index (χ2n) is 5.97. The van der Waals surface area contributed by atoms with Crippen LogP contribution in [0, 0.1) is 12.8 Å². The number of carboxylic acids is 1. The predicted molar refractivity (Wildman–Crippen MR) is 81.8 cm³/mol. The largest absolute Gasteiger partial charge is 0.481 e. The van der Waals surface area contributed by atoms with Crippen molar-refractivity contribution >= 4 is 5.97 Å². The van der Waals surface area contributed by atoms with Gasteiger partial charge in [0.05, 0.1) is 5.69 Å². The van der Waals surface area contributed by atoms with E-state index in [1.807, 2.05) is 19.1 Å². The van der Waals surface area contributed by atoms with E-state index in [1.165, 1.54) is 0 Å². The SMILES string of the molecule is Cc1ccnc(-n2cnc(C3(C(=O)O)C[C@@H]3CCCN)c2)c1. The number of aryl methyl sites for hydroxylation is 1. The lowest BCUT2D eigenvalue weighted by Gasteiger charge is -2.09. The summed E-state index contributed by atoms with van der Waals surface area (Å²) < 4.78 is 1.78. The highest BCUT2D eigenvalue weighted by atomic mass is 16.4. The molecule has 6 nitrogen and oxygen atoms in total. The number of nitrogens with two attached hydrogens (primary N) is 1. The number of imidazole rings is 1. The molecular weight excluding hydrogens is 280 g/mol. The molecule has 1 aliphatic rings. The molecule has 116 valence electrons. The predicted octanol–water partition coefficient (Wildman–Crippen LogP) is 1.66. The lowest BCUT2D eigenvalue weighted by Crippen LogP contribution is -2.23. The summed E-state index contributed by atoms with van der Waals surface area (Å²) in [6.07, 6.45) is 7.48. The quantitative estimate of drug-likeness (QED) is 0.846. The first-order valence-corrected chi connectivity index (χ1v) is 7.49. The van der Waals surface area contributed by atoms with Crippen LogP contribution in [-0.2, 0) is 10.2 Å². The van der Waals surface area contributed by atoms with Crippen LogP contribution in [0.3, 0.4) is 0 Å². The van der Waals surface area contributed by atoms with Crippen LogP contribution in [0.15, 0.2) is 30.9 Å². The summed E-state index contributed by atoms with van der Waals surface area (Å²) in [6.45, 7) is 2.58. The van der Waals surface area contributed by atoms with Gasteiger partial charge in [-0.2, -0.15) is 0 Å². The van der Waals surface area contributed by atoms with Crippen LogP contribution in [0.25, 0.3) is 5.82 Å². The van der Waals surface area contributed by atoms with Gasteiger partial charge in [0.2, 0.25) is 0 Å². The minimum atomic E-state index is -0.843. The van der Waals surface area contributed by atoms with Crippen molar-refractivity contribution in [2.24, 2.45) is 11.7 Å². The number of hydrogen-bond acceptors (Lipinski definition) is 4. The molecule has 2 aromatic heterocycles. The Kier molecular flexibility index (Phi) is 3.70. The lowest BCUT2D eigenvalue weighted by atomic mass is 9.98. The van der Waals surface area contributed by atoms with Crippen LogP contribution in [0.4, 0.5) is 0 Å². The summed E-state index contributed by atoms with van der Waals surface area (Å²) in [7, 11) is 0. The van der Waals surface area contributed by atoms with Crippen molar-refractivity contribution in [2.75, 3.05) is 6.54 Å². The van der Waals surface area contributed by atoms with E-state index in [0.29, 0.717) is 18.7 Å². The number of aliphatic carboxylic acids is 1. The minimum Gasteiger partial charge on any atom is -0.481 e. The molecule has 1 aliphatic carbocycles. The average molecular weight is 300 g/mol. The molecule has 2 heterocycles. The first-order chi connectivity index (χ1) is 10.6. The molecule has 6 heteroatoms. The minimum absolute atomic E-state index is 0.127. The van der Waals surface area contributed by atoms with Crippen molar-refractivity contribution in [1.82, 2.24) is 14.5 Å². The van der Waals surface area contributed by atoms with Gasteiger partial charge in [-0.15, -0.1) is 0 Å². The molecule has 1 saturated carbocycles. The summed E-state index contributed by atoms with van der Waals surface area (Å²) in [5.41, 5.74) is 6.40. The Hall–Kier alpha value is -2.21. The van der Waals surface area contributed by atoms with Crippen molar-refractivity contribution < 1.29 is 9.90 Å². The Morgan fingerprint density at radius 1 is 1.55 bits per heavy atom. The van der Waals surface area contributed by atoms with Gasteiger partial charge in [-0.3, -0.25) is 9.36 Å². The van der Waals surface area contributed by atoms with Crippen LogP contribution in [-0.4, -0.2) is 32.2 Å². The van der Waals surface area contributed by atoms with Gasteiger partial charge in [0.25, 0.3) is 0 Å². The number of carbonyl (C=O) groups is 1. The van der Waals surface area contributed by atoms with Gasteiger partial charge in [-0.05, 0) is 56.3 Å². The van der Waals surface area contributed by atoms with Gasteiger partial charge in [0, 0.05) is 12.4 Å². The van der Waals surface area contributed by atoms with Crippen LogP contribution in [0.1, 0.15) is 30.5 Å². The third-order valence-corrected chi connectivity index (χ3v) is 4.45. The first-order valence-electron chi connectivity index (χ1n) is 7.49. The standard InChI is InChI=1S/C16H20N4O2/c1-11-4-6-18-14(7-11)20-9-13(19-10-20)16(15(21)22)8-12(16)3-2-5-17/h4,6-7,9-10,12H,2-3,5,8,17H2,1H3,(H,21,22)/t12-,16?/m0/s1. The van der Waals surface area contributed by atoms with Gasteiger partial charge in [-0.25, -0.2) is 9.97 Å². The Bertz CT molecular complexity index is 697. The van der Waals surface area contributed by atoms with E-state index in [9.17, 15) is 9.90 Å². The van der Waals surface area contributed by atoms with Gasteiger partial charge in [0.15, 0.2) is 0 Å². The number of pyridine rings is 1. The van der Waals surface area contributed by atoms with E-state index < -0.39 is 11.4 Å². The van der Waals surface area contributed by atoms with E-state index in [2.05, 4.69) is 9.97 Å². The fourth-order valence-electron chi connectivity index (χ4n) is 3.07. The Balaban J connectivity index is 1.88. The zero-order valence-corrected chi connectivity index (χ0v) is 12.6. The highest BCUT2D eigenvalue weighted by Gasteiger charge is 2.62. The summed E-state index contributed by atoms with van der Waals surface area (Å²) in [5, 5.41) is 9.65. The third-order valence-electron chi connectivity index (χ3n) is 4.45. The van der Waals surface area contributed by atoms with Gasteiger partial charge < -0.3 is 10.8 Å². The van der Waals surface area contributed by atoms with Gasteiger partial charge >= 0.3 is 5.97 Å². The molecule has 1 fully saturated rings. The normalized spacial score (nSPS) is 23.5. The maximum Gasteiger partial charge on any atom is 0.316 e. The monoisotopic (exact) mass is 300 g/mol.